The summed E-state index contributed by atoms with van der Waals surface area (Å²) in [7, 11) is 0. The van der Waals surface area contributed by atoms with Gasteiger partial charge >= 0.3 is 5.97 Å². The van der Waals surface area contributed by atoms with Gasteiger partial charge in [-0.25, -0.2) is 9.78 Å². The molecular formula is C21H14ClN3O4. The van der Waals surface area contributed by atoms with Crippen LogP contribution >= 0.6 is 11.6 Å². The van der Waals surface area contributed by atoms with Gasteiger partial charge in [0.05, 0.1) is 0 Å². The molecule has 0 radical (unpaired) electrons. The number of para-hydroxylation sites is 1. The van der Waals surface area contributed by atoms with E-state index >= 15 is 0 Å². The molecular weight excluding hydrogens is 394 g/mol. The highest BCUT2D eigenvalue weighted by atomic mass is 35.5. The fourth-order valence-corrected chi connectivity index (χ4v) is 2.59. The van der Waals surface area contributed by atoms with Crippen LogP contribution in [0.3, 0.4) is 0 Å². The highest BCUT2D eigenvalue weighted by molar-refractivity contribution is 6.30. The van der Waals surface area contributed by atoms with Gasteiger partial charge in [-0.3, -0.25) is 0 Å². The van der Waals surface area contributed by atoms with Crippen molar-refractivity contribution in [3.05, 3.63) is 89.4 Å². The highest BCUT2D eigenvalue weighted by Crippen LogP contribution is 2.24. The molecule has 2 aromatic heterocycles. The van der Waals surface area contributed by atoms with Gasteiger partial charge in [0.2, 0.25) is 11.7 Å². The monoisotopic (exact) mass is 407 g/mol. The number of pyridine rings is 1. The lowest BCUT2D eigenvalue weighted by Crippen LogP contribution is -2.08. The molecule has 7 nitrogen and oxygen atoms in total. The first-order valence-corrected chi connectivity index (χ1v) is 9.00. The first-order chi connectivity index (χ1) is 14.2. The van der Waals surface area contributed by atoms with Crippen LogP contribution in [0.2, 0.25) is 5.02 Å². The lowest BCUT2D eigenvalue weighted by atomic mass is 10.2. The van der Waals surface area contributed by atoms with Gasteiger partial charge in [0, 0.05) is 16.8 Å². The van der Waals surface area contributed by atoms with Gasteiger partial charge in [-0.2, -0.15) is 4.98 Å². The number of hydrogen-bond acceptors (Lipinski definition) is 7. The summed E-state index contributed by atoms with van der Waals surface area (Å²) in [4.78, 5) is 20.8. The number of benzene rings is 2. The van der Waals surface area contributed by atoms with Gasteiger partial charge in [-0.1, -0.05) is 35.0 Å². The molecule has 8 heteroatoms. The minimum atomic E-state index is -0.615. The number of rotatable bonds is 6. The zero-order valence-electron chi connectivity index (χ0n) is 15.0. The van der Waals surface area contributed by atoms with Crippen LogP contribution in [0.15, 0.2) is 77.4 Å². The summed E-state index contributed by atoms with van der Waals surface area (Å²) in [5.41, 5.74) is 0.926. The third-order valence-corrected chi connectivity index (χ3v) is 4.10. The van der Waals surface area contributed by atoms with E-state index in [2.05, 4.69) is 15.1 Å². The molecule has 0 unspecified atom stereocenters. The smallest absolute Gasteiger partial charge is 0.344 e. The van der Waals surface area contributed by atoms with E-state index in [1.165, 1.54) is 6.20 Å². The summed E-state index contributed by atoms with van der Waals surface area (Å²) in [6.07, 6.45) is 1.53. The van der Waals surface area contributed by atoms with Crippen LogP contribution < -0.4 is 4.74 Å². The molecule has 0 bridgehead atoms. The molecule has 4 aromatic rings. The summed E-state index contributed by atoms with van der Waals surface area (Å²) in [6, 6.07) is 19.2. The molecule has 144 valence electrons. The fraction of sp³-hybridized carbons (Fsp3) is 0.0476. The molecule has 0 aliphatic carbocycles. The minimum Gasteiger partial charge on any atom is -0.452 e. The van der Waals surface area contributed by atoms with Crippen LogP contribution in [0.25, 0.3) is 11.4 Å². The predicted octanol–water partition coefficient (Wildman–Crippen LogP) is 4.93. The molecule has 0 fully saturated rings. The number of aromatic nitrogens is 3. The van der Waals surface area contributed by atoms with Crippen molar-refractivity contribution in [2.75, 3.05) is 0 Å². The Morgan fingerprint density at radius 2 is 1.79 bits per heavy atom. The average Bonchev–Trinajstić information content (AvgIpc) is 3.23. The van der Waals surface area contributed by atoms with Crippen molar-refractivity contribution >= 4 is 17.6 Å². The quantitative estimate of drug-likeness (QED) is 0.418. The maximum Gasteiger partial charge on any atom is 0.344 e. The molecule has 0 amide bonds. The second kappa shape index (κ2) is 8.53. The predicted molar refractivity (Wildman–Crippen MR) is 105 cm³/mol. The third-order valence-electron chi connectivity index (χ3n) is 3.85. The molecule has 0 aliphatic rings. The molecule has 0 atom stereocenters. The Balaban J connectivity index is 1.43. The van der Waals surface area contributed by atoms with Crippen LogP contribution in [0.5, 0.6) is 11.6 Å². The van der Waals surface area contributed by atoms with E-state index in [1.807, 2.05) is 18.2 Å². The number of carbonyl (C=O) groups is 1. The van der Waals surface area contributed by atoms with E-state index in [0.29, 0.717) is 16.6 Å². The summed E-state index contributed by atoms with van der Waals surface area (Å²) in [5.74, 6) is 0.635. The van der Waals surface area contributed by atoms with Gasteiger partial charge in [-0.15, -0.1) is 0 Å². The number of ether oxygens (including phenoxy) is 2. The second-order valence-electron chi connectivity index (χ2n) is 5.87. The van der Waals surface area contributed by atoms with Crippen LogP contribution in [0.1, 0.15) is 16.2 Å². The average molecular weight is 408 g/mol. The van der Waals surface area contributed by atoms with Crippen molar-refractivity contribution in [2.24, 2.45) is 0 Å². The SMILES string of the molecule is O=C(OCc1nc(-c2ccc(Cl)cc2)no1)c1cccnc1Oc1ccccc1. The van der Waals surface area contributed by atoms with E-state index in [0.717, 1.165) is 5.56 Å². The Morgan fingerprint density at radius 3 is 2.59 bits per heavy atom. The van der Waals surface area contributed by atoms with Gasteiger partial charge < -0.3 is 14.0 Å². The Bertz CT molecular complexity index is 1110. The molecule has 0 spiro atoms. The van der Waals surface area contributed by atoms with Gasteiger partial charge in [-0.05, 0) is 48.5 Å². The molecule has 0 saturated heterocycles. The van der Waals surface area contributed by atoms with Crippen LogP contribution in [-0.4, -0.2) is 21.1 Å². The second-order valence-corrected chi connectivity index (χ2v) is 6.30. The summed E-state index contributed by atoms with van der Waals surface area (Å²) >= 11 is 5.87. The first-order valence-electron chi connectivity index (χ1n) is 8.62. The van der Waals surface area contributed by atoms with E-state index < -0.39 is 5.97 Å². The zero-order chi connectivity index (χ0) is 20.1. The fourth-order valence-electron chi connectivity index (χ4n) is 2.46. The van der Waals surface area contributed by atoms with E-state index in [4.69, 9.17) is 25.6 Å². The van der Waals surface area contributed by atoms with E-state index in [9.17, 15) is 4.79 Å². The van der Waals surface area contributed by atoms with Gasteiger partial charge in [0.25, 0.3) is 5.89 Å². The van der Waals surface area contributed by atoms with Crippen molar-refractivity contribution in [3.8, 4) is 23.0 Å². The largest absolute Gasteiger partial charge is 0.452 e. The Morgan fingerprint density at radius 1 is 1.00 bits per heavy atom. The third kappa shape index (κ3) is 4.59. The molecule has 0 aliphatic heterocycles. The summed E-state index contributed by atoms with van der Waals surface area (Å²) < 4.78 is 16.1. The Kier molecular flexibility index (Phi) is 5.49. The molecule has 0 N–H and O–H groups in total. The van der Waals surface area contributed by atoms with E-state index in [1.54, 1.807) is 48.5 Å². The van der Waals surface area contributed by atoms with Crippen molar-refractivity contribution in [1.29, 1.82) is 0 Å². The molecule has 2 heterocycles. The molecule has 4 rings (SSSR count). The normalized spacial score (nSPS) is 10.5. The van der Waals surface area contributed by atoms with Crippen molar-refractivity contribution in [1.82, 2.24) is 15.1 Å². The van der Waals surface area contributed by atoms with Crippen molar-refractivity contribution < 1.29 is 18.8 Å². The van der Waals surface area contributed by atoms with Gasteiger partial charge in [0.15, 0.2) is 6.61 Å². The molecule has 29 heavy (non-hydrogen) atoms. The highest BCUT2D eigenvalue weighted by Gasteiger charge is 2.18. The number of hydrogen-bond donors (Lipinski definition) is 0. The molecule has 2 aromatic carbocycles. The van der Waals surface area contributed by atoms with E-state index in [-0.39, 0.29) is 23.9 Å². The topological polar surface area (TPSA) is 87.3 Å². The lowest BCUT2D eigenvalue weighted by Gasteiger charge is -2.08. The maximum atomic E-state index is 12.5. The summed E-state index contributed by atoms with van der Waals surface area (Å²) in [6.45, 7) is -0.181. The lowest BCUT2D eigenvalue weighted by molar-refractivity contribution is 0.0426. The van der Waals surface area contributed by atoms with Crippen LogP contribution in [-0.2, 0) is 11.3 Å². The number of halogens is 1. The maximum absolute atomic E-state index is 12.5. The molecule has 0 saturated carbocycles. The van der Waals surface area contributed by atoms with Crippen molar-refractivity contribution in [3.63, 3.8) is 0 Å². The summed E-state index contributed by atoms with van der Waals surface area (Å²) in [5, 5.41) is 4.49. The standard InChI is InChI=1S/C21H14ClN3O4/c22-15-10-8-14(9-11-15)19-24-18(29-25-19)13-27-21(26)17-7-4-12-23-20(17)28-16-5-2-1-3-6-16/h1-12H,13H2. The Labute approximate surface area is 170 Å². The number of nitrogens with zero attached hydrogens (tertiary/aromatic N) is 3. The van der Waals surface area contributed by atoms with Crippen molar-refractivity contribution in [2.45, 2.75) is 6.61 Å². The zero-order valence-corrected chi connectivity index (χ0v) is 15.7. The number of esters is 1. The first kappa shape index (κ1) is 18.6. The Hall–Kier alpha value is -3.71. The van der Waals surface area contributed by atoms with Gasteiger partial charge in [0.1, 0.15) is 11.3 Å². The van der Waals surface area contributed by atoms with Crippen LogP contribution in [0, 0.1) is 0 Å². The minimum absolute atomic E-state index is 0.149. The van der Waals surface area contributed by atoms with Crippen LogP contribution in [0.4, 0.5) is 0 Å². The number of carbonyl (C=O) groups excluding carboxylic acids is 1.